The lowest BCUT2D eigenvalue weighted by Gasteiger charge is -2.12. The fraction of sp³-hybridized carbons (Fsp3) is 1.00. The first kappa shape index (κ1) is 14.4. The lowest BCUT2D eigenvalue weighted by molar-refractivity contribution is -0.0328. The van der Waals surface area contributed by atoms with Crippen molar-refractivity contribution in [3.63, 3.8) is 0 Å². The Morgan fingerprint density at radius 3 is 2.21 bits per heavy atom. The molecule has 0 N–H and O–H groups in total. The van der Waals surface area contributed by atoms with Crippen molar-refractivity contribution < 1.29 is 13.2 Å². The van der Waals surface area contributed by atoms with Gasteiger partial charge in [-0.3, -0.25) is 0 Å². The second-order valence-corrected chi connectivity index (χ2v) is 5.27. The van der Waals surface area contributed by atoms with Gasteiger partial charge in [0.2, 0.25) is 0 Å². The van der Waals surface area contributed by atoms with Gasteiger partial charge in [0.1, 0.15) is 0 Å². The molecule has 0 aromatic rings. The number of alkyl halides is 4. The van der Waals surface area contributed by atoms with Crippen LogP contribution in [-0.2, 0) is 0 Å². The fourth-order valence-corrected chi connectivity index (χ4v) is 1.70. The van der Waals surface area contributed by atoms with E-state index in [9.17, 15) is 13.2 Å². The van der Waals surface area contributed by atoms with Crippen molar-refractivity contribution in [2.75, 3.05) is 5.75 Å². The third kappa shape index (κ3) is 9.00. The summed E-state index contributed by atoms with van der Waals surface area (Å²) in [6.07, 6.45) is 2.16. The Labute approximate surface area is 92.6 Å². The zero-order valence-corrected chi connectivity index (χ0v) is 9.98. The minimum absolute atomic E-state index is 0.0505. The van der Waals surface area contributed by atoms with Gasteiger partial charge in [0.25, 0.3) is 0 Å². The molecule has 86 valence electrons. The molecule has 0 radical (unpaired) electrons. The molecule has 0 rings (SSSR count). The first-order valence-corrected chi connectivity index (χ1v) is 6.10. The molecule has 0 saturated heterocycles. The van der Waals surface area contributed by atoms with Crippen LogP contribution in [0.1, 0.15) is 33.1 Å². The van der Waals surface area contributed by atoms with Crippen molar-refractivity contribution in [1.82, 2.24) is 0 Å². The van der Waals surface area contributed by atoms with Crippen LogP contribution in [0, 0.1) is 5.92 Å². The van der Waals surface area contributed by atoms with Crippen LogP contribution in [0.15, 0.2) is 0 Å². The second-order valence-electron chi connectivity index (χ2n) is 3.55. The van der Waals surface area contributed by atoms with E-state index < -0.39 is 5.51 Å². The van der Waals surface area contributed by atoms with Gasteiger partial charge in [0, 0.05) is 11.1 Å². The average molecular weight is 249 g/mol. The summed E-state index contributed by atoms with van der Waals surface area (Å²) >= 11 is 6.01. The van der Waals surface area contributed by atoms with Crippen LogP contribution < -0.4 is 0 Å². The van der Waals surface area contributed by atoms with Crippen molar-refractivity contribution in [3.8, 4) is 0 Å². The first-order valence-electron chi connectivity index (χ1n) is 4.67. The maximum Gasteiger partial charge on any atom is 0.441 e. The highest BCUT2D eigenvalue weighted by Crippen LogP contribution is 2.31. The lowest BCUT2D eigenvalue weighted by Crippen LogP contribution is -2.07. The fourth-order valence-electron chi connectivity index (χ4n) is 0.963. The minimum atomic E-state index is -4.08. The summed E-state index contributed by atoms with van der Waals surface area (Å²) < 4.78 is 35.1. The van der Waals surface area contributed by atoms with Gasteiger partial charge in [-0.25, -0.2) is 0 Å². The van der Waals surface area contributed by atoms with Crippen LogP contribution >= 0.6 is 23.4 Å². The Bertz CT molecular complexity index is 147. The van der Waals surface area contributed by atoms with Crippen molar-refractivity contribution in [2.45, 2.75) is 44.0 Å². The standard InChI is InChI=1S/C9H16ClF3S/c1-7(2)8(10)5-3-4-6-14-9(11,12)13/h7-8H,3-6H2,1-2H3. The molecule has 0 spiro atoms. The Morgan fingerprint density at radius 1 is 1.21 bits per heavy atom. The zero-order chi connectivity index (χ0) is 11.2. The average Bonchev–Trinajstić information content (AvgIpc) is 2.01. The molecule has 0 heterocycles. The molecular formula is C9H16ClF3S. The highest BCUT2D eigenvalue weighted by Gasteiger charge is 2.27. The van der Waals surface area contributed by atoms with Crippen LogP contribution in [-0.4, -0.2) is 16.6 Å². The third-order valence-electron chi connectivity index (χ3n) is 1.86. The van der Waals surface area contributed by atoms with E-state index >= 15 is 0 Å². The second kappa shape index (κ2) is 6.83. The molecule has 0 aromatic carbocycles. The van der Waals surface area contributed by atoms with E-state index in [4.69, 9.17) is 11.6 Å². The summed E-state index contributed by atoms with van der Waals surface area (Å²) in [5.74, 6) is 0.539. The van der Waals surface area contributed by atoms with Crippen molar-refractivity contribution >= 4 is 23.4 Å². The molecule has 0 aliphatic heterocycles. The van der Waals surface area contributed by atoms with E-state index in [-0.39, 0.29) is 22.9 Å². The molecule has 0 aliphatic carbocycles. The number of thioether (sulfide) groups is 1. The Balaban J connectivity index is 3.30. The first-order chi connectivity index (χ1) is 6.33. The summed E-state index contributed by atoms with van der Waals surface area (Å²) in [6, 6.07) is 0. The van der Waals surface area contributed by atoms with Gasteiger partial charge < -0.3 is 0 Å². The molecule has 14 heavy (non-hydrogen) atoms. The number of unbranched alkanes of at least 4 members (excludes halogenated alkanes) is 1. The quantitative estimate of drug-likeness (QED) is 0.486. The van der Waals surface area contributed by atoms with E-state index in [0.717, 1.165) is 12.8 Å². The van der Waals surface area contributed by atoms with E-state index in [2.05, 4.69) is 0 Å². The van der Waals surface area contributed by atoms with Crippen LogP contribution in [0.4, 0.5) is 13.2 Å². The topological polar surface area (TPSA) is 0 Å². The van der Waals surface area contributed by atoms with Crippen molar-refractivity contribution in [2.24, 2.45) is 5.92 Å². The van der Waals surface area contributed by atoms with Gasteiger partial charge in [-0.15, -0.1) is 11.6 Å². The molecule has 1 atom stereocenters. The van der Waals surface area contributed by atoms with Crippen LogP contribution in [0.2, 0.25) is 0 Å². The summed E-state index contributed by atoms with van der Waals surface area (Å²) in [5.41, 5.74) is -4.08. The Kier molecular flexibility index (Phi) is 7.04. The Morgan fingerprint density at radius 2 is 1.79 bits per heavy atom. The van der Waals surface area contributed by atoms with Gasteiger partial charge >= 0.3 is 5.51 Å². The van der Waals surface area contributed by atoms with Gasteiger partial charge in [-0.05, 0) is 18.8 Å². The zero-order valence-electron chi connectivity index (χ0n) is 8.40. The highest BCUT2D eigenvalue weighted by atomic mass is 35.5. The predicted octanol–water partition coefficient (Wildman–Crippen LogP) is 4.67. The predicted molar refractivity (Wildman–Crippen MR) is 56.8 cm³/mol. The molecule has 0 saturated carbocycles. The number of hydrogen-bond acceptors (Lipinski definition) is 1. The molecule has 0 bridgehead atoms. The summed E-state index contributed by atoms with van der Waals surface area (Å²) in [5, 5.41) is 0.0888. The molecule has 0 amide bonds. The molecule has 0 nitrogen and oxygen atoms in total. The SMILES string of the molecule is CC(C)C(Cl)CCCCSC(F)(F)F. The van der Waals surface area contributed by atoms with Gasteiger partial charge in [-0.2, -0.15) is 13.2 Å². The lowest BCUT2D eigenvalue weighted by atomic mass is 10.1. The van der Waals surface area contributed by atoms with E-state index in [0.29, 0.717) is 12.3 Å². The monoisotopic (exact) mass is 248 g/mol. The summed E-state index contributed by atoms with van der Waals surface area (Å²) in [7, 11) is 0. The van der Waals surface area contributed by atoms with Crippen molar-refractivity contribution in [1.29, 1.82) is 0 Å². The minimum Gasteiger partial charge on any atom is -0.160 e. The third-order valence-corrected chi connectivity index (χ3v) is 3.41. The van der Waals surface area contributed by atoms with Crippen LogP contribution in [0.5, 0.6) is 0 Å². The Hall–Kier alpha value is 0.430. The number of rotatable bonds is 6. The maximum atomic E-state index is 11.7. The van der Waals surface area contributed by atoms with Gasteiger partial charge in [0.15, 0.2) is 0 Å². The summed E-state index contributed by atoms with van der Waals surface area (Å²) in [4.78, 5) is 0. The van der Waals surface area contributed by atoms with Crippen LogP contribution in [0.3, 0.4) is 0 Å². The molecule has 5 heteroatoms. The number of hydrogen-bond donors (Lipinski definition) is 0. The molecule has 1 unspecified atom stereocenters. The molecule has 0 aromatic heterocycles. The molecule has 0 fully saturated rings. The van der Waals surface area contributed by atoms with Gasteiger partial charge in [0.05, 0.1) is 0 Å². The molecule has 0 aliphatic rings. The smallest absolute Gasteiger partial charge is 0.160 e. The largest absolute Gasteiger partial charge is 0.441 e. The molecular weight excluding hydrogens is 233 g/mol. The van der Waals surface area contributed by atoms with E-state index in [1.54, 1.807) is 0 Å². The normalized spacial score (nSPS) is 14.8. The van der Waals surface area contributed by atoms with E-state index in [1.807, 2.05) is 13.8 Å². The summed E-state index contributed by atoms with van der Waals surface area (Å²) in [6.45, 7) is 4.03. The van der Waals surface area contributed by atoms with Crippen LogP contribution in [0.25, 0.3) is 0 Å². The maximum absolute atomic E-state index is 11.7. The highest BCUT2D eigenvalue weighted by molar-refractivity contribution is 8.00. The van der Waals surface area contributed by atoms with Gasteiger partial charge in [-0.1, -0.05) is 32.0 Å². The van der Waals surface area contributed by atoms with E-state index in [1.165, 1.54) is 0 Å². The number of halogens is 4. The van der Waals surface area contributed by atoms with Crippen molar-refractivity contribution in [3.05, 3.63) is 0 Å².